The maximum absolute atomic E-state index is 11.7. The van der Waals surface area contributed by atoms with Crippen LogP contribution >= 0.6 is 15.9 Å². The van der Waals surface area contributed by atoms with Crippen molar-refractivity contribution in [1.29, 1.82) is 0 Å². The van der Waals surface area contributed by atoms with Crippen molar-refractivity contribution in [3.05, 3.63) is 28.2 Å². The van der Waals surface area contributed by atoms with Crippen LogP contribution in [-0.2, 0) is 4.79 Å². The summed E-state index contributed by atoms with van der Waals surface area (Å²) in [6.07, 6.45) is 0.318. The maximum Gasteiger partial charge on any atom is 0.337 e. The first-order valence-corrected chi connectivity index (χ1v) is 6.17. The van der Waals surface area contributed by atoms with Crippen LogP contribution in [0.3, 0.4) is 0 Å². The van der Waals surface area contributed by atoms with E-state index in [1.807, 2.05) is 19.0 Å². The molecule has 6 heteroatoms. The quantitative estimate of drug-likeness (QED) is 0.872. The van der Waals surface area contributed by atoms with Gasteiger partial charge in [-0.25, -0.2) is 4.79 Å². The number of carbonyl (C=O) groups is 2. The lowest BCUT2D eigenvalue weighted by atomic mass is 10.1. The van der Waals surface area contributed by atoms with Crippen LogP contribution < -0.4 is 5.32 Å². The molecule has 5 nitrogen and oxygen atoms in total. The Morgan fingerprint density at radius 2 is 2.06 bits per heavy atom. The highest BCUT2D eigenvalue weighted by Gasteiger charge is 2.12. The molecule has 0 fully saturated rings. The largest absolute Gasteiger partial charge is 0.478 e. The number of carbonyl (C=O) groups excluding carboxylic acids is 1. The van der Waals surface area contributed by atoms with Crippen LogP contribution in [0.2, 0.25) is 0 Å². The molecule has 2 N–H and O–H groups in total. The minimum absolute atomic E-state index is 0.0800. The fraction of sp³-hybridized carbons (Fsp3) is 0.333. The van der Waals surface area contributed by atoms with Crippen LogP contribution in [0, 0.1) is 0 Å². The molecule has 1 rings (SSSR count). The molecule has 0 aliphatic carbocycles. The second kappa shape index (κ2) is 6.51. The summed E-state index contributed by atoms with van der Waals surface area (Å²) in [5.74, 6) is -1.27. The van der Waals surface area contributed by atoms with Crippen LogP contribution in [0.4, 0.5) is 5.69 Å². The molecule has 0 aliphatic heterocycles. The van der Waals surface area contributed by atoms with Crippen molar-refractivity contribution in [1.82, 2.24) is 4.90 Å². The molecule has 98 valence electrons. The van der Waals surface area contributed by atoms with Crippen molar-refractivity contribution in [2.24, 2.45) is 0 Å². The summed E-state index contributed by atoms with van der Waals surface area (Å²) in [7, 11) is 3.74. The van der Waals surface area contributed by atoms with Crippen molar-refractivity contribution in [2.75, 3.05) is 26.0 Å². The van der Waals surface area contributed by atoms with Gasteiger partial charge in [-0.1, -0.05) is 15.9 Å². The fourth-order valence-corrected chi connectivity index (χ4v) is 1.71. The highest BCUT2D eigenvalue weighted by atomic mass is 79.9. The molecular weight excluding hydrogens is 300 g/mol. The zero-order valence-corrected chi connectivity index (χ0v) is 11.8. The van der Waals surface area contributed by atoms with Crippen LogP contribution in [0.25, 0.3) is 0 Å². The molecule has 1 aromatic rings. The van der Waals surface area contributed by atoms with Crippen LogP contribution in [0.1, 0.15) is 16.8 Å². The molecule has 0 heterocycles. The van der Waals surface area contributed by atoms with Gasteiger partial charge in [-0.15, -0.1) is 0 Å². The zero-order valence-electron chi connectivity index (χ0n) is 10.2. The summed E-state index contributed by atoms with van der Waals surface area (Å²) in [4.78, 5) is 24.6. The standard InChI is InChI=1S/C12H15BrN2O3/c1-15(2)6-5-11(16)14-10-7-8(13)3-4-9(10)12(17)18/h3-4,7H,5-6H2,1-2H3,(H,14,16)(H,17,18). The predicted molar refractivity (Wildman–Crippen MR) is 72.9 cm³/mol. The van der Waals surface area contributed by atoms with E-state index in [4.69, 9.17) is 5.11 Å². The molecule has 0 bridgehead atoms. The highest BCUT2D eigenvalue weighted by Crippen LogP contribution is 2.21. The lowest BCUT2D eigenvalue weighted by molar-refractivity contribution is -0.116. The average Bonchev–Trinajstić information content (AvgIpc) is 2.26. The van der Waals surface area contributed by atoms with E-state index < -0.39 is 5.97 Å². The van der Waals surface area contributed by atoms with Crippen molar-refractivity contribution >= 4 is 33.5 Å². The molecule has 18 heavy (non-hydrogen) atoms. The number of carboxylic acids is 1. The number of anilines is 1. The SMILES string of the molecule is CN(C)CCC(=O)Nc1cc(Br)ccc1C(=O)O. The maximum atomic E-state index is 11.7. The summed E-state index contributed by atoms with van der Waals surface area (Å²) in [6, 6.07) is 4.66. The Kier molecular flexibility index (Phi) is 5.30. The first-order chi connectivity index (χ1) is 8.40. The summed E-state index contributed by atoms with van der Waals surface area (Å²) in [6.45, 7) is 0.613. The van der Waals surface area contributed by atoms with Gasteiger partial charge < -0.3 is 15.3 Å². The molecule has 0 saturated heterocycles. The third-order valence-electron chi connectivity index (χ3n) is 2.27. The summed E-state index contributed by atoms with van der Waals surface area (Å²) in [5.41, 5.74) is 0.386. The van der Waals surface area contributed by atoms with E-state index in [9.17, 15) is 9.59 Å². The Bertz CT molecular complexity index is 461. The van der Waals surface area contributed by atoms with E-state index in [0.29, 0.717) is 18.7 Å². The molecule has 0 saturated carbocycles. The fourth-order valence-electron chi connectivity index (χ4n) is 1.34. The van der Waals surface area contributed by atoms with Gasteiger partial charge in [0.15, 0.2) is 0 Å². The van der Waals surface area contributed by atoms with Crippen molar-refractivity contribution in [3.8, 4) is 0 Å². The normalized spacial score (nSPS) is 10.4. The molecule has 0 atom stereocenters. The van der Waals surface area contributed by atoms with Crippen molar-refractivity contribution in [2.45, 2.75) is 6.42 Å². The number of nitrogens with zero attached hydrogens (tertiary/aromatic N) is 1. The first kappa shape index (κ1) is 14.7. The number of rotatable bonds is 5. The van der Waals surface area contributed by atoms with Gasteiger partial charge in [0.2, 0.25) is 5.91 Å². The minimum Gasteiger partial charge on any atom is -0.478 e. The van der Waals surface area contributed by atoms with Gasteiger partial charge in [0.1, 0.15) is 0 Å². The average molecular weight is 315 g/mol. The third kappa shape index (κ3) is 4.46. The molecule has 0 spiro atoms. The van der Waals surface area contributed by atoms with Gasteiger partial charge in [0.05, 0.1) is 11.3 Å². The van der Waals surface area contributed by atoms with Crippen molar-refractivity contribution < 1.29 is 14.7 Å². The minimum atomic E-state index is -1.06. The predicted octanol–water partition coefficient (Wildman–Crippen LogP) is 2.04. The van der Waals surface area contributed by atoms with E-state index in [1.165, 1.54) is 6.07 Å². The highest BCUT2D eigenvalue weighted by molar-refractivity contribution is 9.10. The molecular formula is C12H15BrN2O3. The number of aromatic carboxylic acids is 1. The Labute approximate surface area is 114 Å². The van der Waals surface area contributed by atoms with E-state index in [2.05, 4.69) is 21.2 Å². The summed E-state index contributed by atoms with van der Waals surface area (Å²) in [5, 5.41) is 11.6. The zero-order chi connectivity index (χ0) is 13.7. The second-order valence-electron chi connectivity index (χ2n) is 4.10. The van der Waals surface area contributed by atoms with Gasteiger partial charge in [-0.3, -0.25) is 4.79 Å². The Hall–Kier alpha value is -1.40. The number of carboxylic acid groups (broad SMARTS) is 1. The number of nitrogens with one attached hydrogen (secondary N) is 1. The van der Waals surface area contributed by atoms with E-state index in [0.717, 1.165) is 4.47 Å². The Morgan fingerprint density at radius 1 is 1.39 bits per heavy atom. The van der Waals surface area contributed by atoms with Gasteiger partial charge >= 0.3 is 5.97 Å². The monoisotopic (exact) mass is 314 g/mol. The number of hydrogen-bond donors (Lipinski definition) is 2. The third-order valence-corrected chi connectivity index (χ3v) is 2.77. The lowest BCUT2D eigenvalue weighted by Gasteiger charge is -2.11. The van der Waals surface area contributed by atoms with Crippen molar-refractivity contribution in [3.63, 3.8) is 0 Å². The molecule has 0 unspecified atom stereocenters. The van der Waals surface area contributed by atoms with Crippen LogP contribution in [0.5, 0.6) is 0 Å². The van der Waals surface area contributed by atoms with Crippen LogP contribution in [-0.4, -0.2) is 42.5 Å². The molecule has 0 radical (unpaired) electrons. The summed E-state index contributed by atoms with van der Waals surface area (Å²) >= 11 is 3.25. The number of amides is 1. The van der Waals surface area contributed by atoms with Gasteiger partial charge in [0, 0.05) is 17.4 Å². The molecule has 1 aromatic carbocycles. The smallest absolute Gasteiger partial charge is 0.337 e. The first-order valence-electron chi connectivity index (χ1n) is 5.37. The van der Waals surface area contributed by atoms with Gasteiger partial charge in [-0.2, -0.15) is 0 Å². The van der Waals surface area contributed by atoms with E-state index in [-0.39, 0.29) is 11.5 Å². The number of halogens is 1. The molecule has 0 aromatic heterocycles. The van der Waals surface area contributed by atoms with Gasteiger partial charge in [-0.05, 0) is 32.3 Å². The second-order valence-corrected chi connectivity index (χ2v) is 5.01. The van der Waals surface area contributed by atoms with Crippen LogP contribution in [0.15, 0.2) is 22.7 Å². The number of benzene rings is 1. The summed E-state index contributed by atoms with van der Waals surface area (Å²) < 4.78 is 0.718. The topological polar surface area (TPSA) is 69.6 Å². The lowest BCUT2D eigenvalue weighted by Crippen LogP contribution is -2.21. The Balaban J connectivity index is 2.79. The number of hydrogen-bond acceptors (Lipinski definition) is 3. The van der Waals surface area contributed by atoms with Gasteiger partial charge in [0.25, 0.3) is 0 Å². The molecule has 0 aliphatic rings. The molecule has 1 amide bonds. The van der Waals surface area contributed by atoms with E-state index in [1.54, 1.807) is 12.1 Å². The Morgan fingerprint density at radius 3 is 2.61 bits per heavy atom. The van der Waals surface area contributed by atoms with E-state index >= 15 is 0 Å².